The van der Waals surface area contributed by atoms with E-state index in [4.69, 9.17) is 4.74 Å². The van der Waals surface area contributed by atoms with Crippen molar-refractivity contribution in [3.05, 3.63) is 70.2 Å². The van der Waals surface area contributed by atoms with E-state index in [1.807, 2.05) is 58.2 Å². The molecule has 0 saturated carbocycles. The summed E-state index contributed by atoms with van der Waals surface area (Å²) in [4.78, 5) is 23.7. The van der Waals surface area contributed by atoms with Crippen LogP contribution in [0.5, 0.6) is 0 Å². The van der Waals surface area contributed by atoms with Gasteiger partial charge in [0, 0.05) is 4.88 Å². The minimum Gasteiger partial charge on any atom is -0.460 e. The minimum absolute atomic E-state index is 0.0202. The Morgan fingerprint density at radius 1 is 1.26 bits per heavy atom. The van der Waals surface area contributed by atoms with E-state index < -0.39 is 17.5 Å². The van der Waals surface area contributed by atoms with Crippen LogP contribution in [0, 0.1) is 30.0 Å². The van der Waals surface area contributed by atoms with Gasteiger partial charge in [0.2, 0.25) is 0 Å². The van der Waals surface area contributed by atoms with Crippen LogP contribution in [-0.2, 0) is 9.53 Å². The topological polar surface area (TPSA) is 131 Å². The lowest BCUT2D eigenvalue weighted by molar-refractivity contribution is -0.155. The van der Waals surface area contributed by atoms with E-state index >= 15 is 4.39 Å². The lowest BCUT2D eigenvalue weighted by Crippen LogP contribution is -2.27. The maximum Gasteiger partial charge on any atom is 0.306 e. The Labute approximate surface area is 229 Å². The van der Waals surface area contributed by atoms with Gasteiger partial charge < -0.3 is 15.4 Å². The molecule has 39 heavy (non-hydrogen) atoms. The van der Waals surface area contributed by atoms with Gasteiger partial charge in [-0.15, -0.1) is 16.1 Å². The van der Waals surface area contributed by atoms with Crippen LogP contribution in [0.4, 0.5) is 21.7 Å². The summed E-state index contributed by atoms with van der Waals surface area (Å²) >= 11 is 1.49. The quantitative estimate of drug-likeness (QED) is 0.253. The standard InChI is InChI=1S/C27H29FN8O2S/c1-16(11-23(37)38-27(3,4)5)24(22-7-6-10-39-22)34-26-20(28)12-18(14-29)25(35-26)33-19-13-21(17(2)30-15-19)36-31-8-9-32-36/h6-10,12-13,15-16,24H,11H2,1-5H3,(H2,33,34,35)/t16-,24+/m1/s1. The molecular weight excluding hydrogens is 519 g/mol. The summed E-state index contributed by atoms with van der Waals surface area (Å²) in [5.41, 5.74) is 1.26. The van der Waals surface area contributed by atoms with Crippen molar-refractivity contribution in [3.63, 3.8) is 0 Å². The fourth-order valence-corrected chi connectivity index (χ4v) is 4.82. The van der Waals surface area contributed by atoms with Crippen molar-refractivity contribution in [2.24, 2.45) is 5.92 Å². The Bertz CT molecular complexity index is 1480. The summed E-state index contributed by atoms with van der Waals surface area (Å²) in [5.74, 6) is -1.19. The molecule has 12 heteroatoms. The molecule has 0 aliphatic carbocycles. The fourth-order valence-electron chi connectivity index (χ4n) is 3.91. The highest BCUT2D eigenvalue weighted by atomic mass is 32.1. The maximum absolute atomic E-state index is 15.2. The Morgan fingerprint density at radius 3 is 2.64 bits per heavy atom. The van der Waals surface area contributed by atoms with Crippen LogP contribution >= 0.6 is 11.3 Å². The van der Waals surface area contributed by atoms with Gasteiger partial charge in [-0.3, -0.25) is 9.78 Å². The van der Waals surface area contributed by atoms with E-state index in [0.717, 1.165) is 10.9 Å². The second-order valence-electron chi connectivity index (χ2n) is 10.0. The molecule has 4 rings (SSSR count). The zero-order valence-corrected chi connectivity index (χ0v) is 23.1. The molecule has 0 saturated heterocycles. The summed E-state index contributed by atoms with van der Waals surface area (Å²) in [6.45, 7) is 9.16. The Morgan fingerprint density at radius 2 is 2.00 bits per heavy atom. The van der Waals surface area contributed by atoms with Crippen LogP contribution in [0.3, 0.4) is 0 Å². The smallest absolute Gasteiger partial charge is 0.306 e. The summed E-state index contributed by atoms with van der Waals surface area (Å²) in [6, 6.07) is 8.25. The predicted octanol–water partition coefficient (Wildman–Crippen LogP) is 5.70. The average molecular weight is 549 g/mol. The highest BCUT2D eigenvalue weighted by Gasteiger charge is 2.27. The monoisotopic (exact) mass is 548 g/mol. The third-order valence-electron chi connectivity index (χ3n) is 5.67. The number of aromatic nitrogens is 5. The highest BCUT2D eigenvalue weighted by Crippen LogP contribution is 2.34. The molecule has 0 aliphatic heterocycles. The Balaban J connectivity index is 1.63. The van der Waals surface area contributed by atoms with Gasteiger partial charge in [-0.05, 0) is 57.2 Å². The van der Waals surface area contributed by atoms with Crippen molar-refractivity contribution in [1.82, 2.24) is 25.0 Å². The number of hydrogen-bond donors (Lipinski definition) is 2. The van der Waals surface area contributed by atoms with E-state index in [9.17, 15) is 10.1 Å². The van der Waals surface area contributed by atoms with Crippen molar-refractivity contribution in [2.45, 2.75) is 52.7 Å². The van der Waals surface area contributed by atoms with Crippen molar-refractivity contribution in [1.29, 1.82) is 5.26 Å². The molecule has 4 aromatic heterocycles. The number of esters is 1. The number of halogens is 1. The van der Waals surface area contributed by atoms with Crippen molar-refractivity contribution >= 4 is 34.6 Å². The van der Waals surface area contributed by atoms with E-state index in [1.165, 1.54) is 16.1 Å². The SMILES string of the molecule is Cc1ncc(Nc2nc(N[C@H](c3cccs3)[C@H](C)CC(=O)OC(C)(C)C)c(F)cc2C#N)cc1-n1nccn1. The molecular formula is C27H29FN8O2S. The number of rotatable bonds is 9. The molecule has 2 atom stereocenters. The lowest BCUT2D eigenvalue weighted by Gasteiger charge is -2.26. The zero-order chi connectivity index (χ0) is 28.2. The van der Waals surface area contributed by atoms with Crippen LogP contribution in [-0.4, -0.2) is 36.5 Å². The molecule has 0 spiro atoms. The number of aryl methyl sites for hydroxylation is 1. The van der Waals surface area contributed by atoms with E-state index in [-0.39, 0.29) is 35.5 Å². The molecule has 0 bridgehead atoms. The third kappa shape index (κ3) is 6.94. The lowest BCUT2D eigenvalue weighted by atomic mass is 9.96. The van der Waals surface area contributed by atoms with Crippen LogP contribution in [0.25, 0.3) is 5.69 Å². The second kappa shape index (κ2) is 11.6. The molecule has 0 unspecified atom stereocenters. The molecule has 10 nitrogen and oxygen atoms in total. The van der Waals surface area contributed by atoms with Gasteiger partial charge in [-0.1, -0.05) is 13.0 Å². The molecule has 2 N–H and O–H groups in total. The van der Waals surface area contributed by atoms with E-state index in [0.29, 0.717) is 17.1 Å². The summed E-state index contributed by atoms with van der Waals surface area (Å²) in [6.07, 6.45) is 4.81. The molecule has 0 fully saturated rings. The van der Waals surface area contributed by atoms with Crippen LogP contribution in [0.1, 0.15) is 56.3 Å². The maximum atomic E-state index is 15.2. The highest BCUT2D eigenvalue weighted by molar-refractivity contribution is 7.10. The molecule has 0 amide bonds. The number of carbonyl (C=O) groups is 1. The average Bonchev–Trinajstić information content (AvgIpc) is 3.58. The number of anilines is 3. The van der Waals surface area contributed by atoms with Crippen LogP contribution in [0.2, 0.25) is 0 Å². The first-order valence-electron chi connectivity index (χ1n) is 12.3. The minimum atomic E-state index is -0.688. The van der Waals surface area contributed by atoms with Crippen molar-refractivity contribution in [3.8, 4) is 11.8 Å². The molecule has 4 heterocycles. The first-order chi connectivity index (χ1) is 18.5. The molecule has 0 aromatic carbocycles. The Hall–Kier alpha value is -4.37. The molecule has 202 valence electrons. The van der Waals surface area contributed by atoms with Gasteiger partial charge in [0.05, 0.1) is 48.0 Å². The summed E-state index contributed by atoms with van der Waals surface area (Å²) in [5, 5.41) is 26.1. The Kier molecular flexibility index (Phi) is 8.21. The number of nitrogens with zero attached hydrogens (tertiary/aromatic N) is 6. The third-order valence-corrected chi connectivity index (χ3v) is 6.63. The first kappa shape index (κ1) is 27.7. The van der Waals surface area contributed by atoms with Crippen LogP contribution in [0.15, 0.2) is 48.2 Å². The molecule has 4 aromatic rings. The first-order valence-corrected chi connectivity index (χ1v) is 13.1. The van der Waals surface area contributed by atoms with Crippen molar-refractivity contribution < 1.29 is 13.9 Å². The van der Waals surface area contributed by atoms with Gasteiger partial charge in [0.1, 0.15) is 17.4 Å². The number of nitriles is 1. The number of ether oxygens (including phenoxy) is 1. The van der Waals surface area contributed by atoms with E-state index in [1.54, 1.807) is 24.7 Å². The van der Waals surface area contributed by atoms with Crippen molar-refractivity contribution in [2.75, 3.05) is 10.6 Å². The van der Waals surface area contributed by atoms with Gasteiger partial charge in [0.15, 0.2) is 17.5 Å². The fraction of sp³-hybridized carbons (Fsp3) is 0.333. The normalized spacial score (nSPS) is 12.8. The van der Waals surface area contributed by atoms with Gasteiger partial charge >= 0.3 is 5.97 Å². The summed E-state index contributed by atoms with van der Waals surface area (Å²) in [7, 11) is 0. The van der Waals surface area contributed by atoms with Gasteiger partial charge in [-0.25, -0.2) is 9.37 Å². The predicted molar refractivity (Wildman–Crippen MR) is 146 cm³/mol. The molecule has 0 radical (unpaired) electrons. The zero-order valence-electron chi connectivity index (χ0n) is 22.3. The summed E-state index contributed by atoms with van der Waals surface area (Å²) < 4.78 is 20.7. The van der Waals surface area contributed by atoms with Gasteiger partial charge in [0.25, 0.3) is 0 Å². The van der Waals surface area contributed by atoms with E-state index in [2.05, 4.69) is 30.8 Å². The second-order valence-corrected chi connectivity index (χ2v) is 11.0. The molecule has 0 aliphatic rings. The number of nitrogens with one attached hydrogen (secondary N) is 2. The number of thiophene rings is 1. The van der Waals surface area contributed by atoms with Crippen LogP contribution < -0.4 is 10.6 Å². The number of carbonyl (C=O) groups excluding carboxylic acids is 1. The van der Waals surface area contributed by atoms with Gasteiger partial charge in [-0.2, -0.15) is 15.5 Å². The number of hydrogen-bond acceptors (Lipinski definition) is 10. The largest absolute Gasteiger partial charge is 0.460 e. The number of pyridine rings is 2.